The zero-order chi connectivity index (χ0) is 53.6. The van der Waals surface area contributed by atoms with E-state index in [1.54, 1.807) is 0 Å². The number of amides is 1. The summed E-state index contributed by atoms with van der Waals surface area (Å²) in [5, 5.41) is 3.00. The van der Waals surface area contributed by atoms with Gasteiger partial charge >= 0.3 is 5.97 Å². The molecule has 0 aromatic rings. The zero-order valence-electron chi connectivity index (χ0n) is 47.8. The van der Waals surface area contributed by atoms with E-state index in [-0.39, 0.29) is 24.9 Å². The Hall–Kier alpha value is -3.07. The van der Waals surface area contributed by atoms with Gasteiger partial charge < -0.3 is 28.5 Å². The van der Waals surface area contributed by atoms with Crippen molar-refractivity contribution in [2.45, 2.75) is 251 Å². The van der Waals surface area contributed by atoms with Crippen molar-refractivity contribution in [3.8, 4) is 0 Å². The number of ether oxygens (including phenoxy) is 1. The molecule has 3 atom stereocenters. The minimum absolute atomic E-state index is 0.0308. The van der Waals surface area contributed by atoms with Crippen LogP contribution in [0.1, 0.15) is 239 Å². The summed E-state index contributed by atoms with van der Waals surface area (Å²) in [6, 6.07) is -0.902. The van der Waals surface area contributed by atoms with E-state index in [9.17, 15) is 19.0 Å². The van der Waals surface area contributed by atoms with Gasteiger partial charge in [0.05, 0.1) is 33.8 Å². The first kappa shape index (κ1) is 69.9. The molecule has 0 saturated carbocycles. The van der Waals surface area contributed by atoms with Crippen LogP contribution in [0.3, 0.4) is 0 Å². The van der Waals surface area contributed by atoms with Gasteiger partial charge in [0.25, 0.3) is 7.82 Å². The van der Waals surface area contributed by atoms with E-state index in [1.165, 1.54) is 57.8 Å². The average molecular weight is 1040 g/mol. The predicted molar refractivity (Wildman–Crippen MR) is 311 cm³/mol. The molecule has 0 aromatic carbocycles. The molecule has 420 valence electrons. The van der Waals surface area contributed by atoms with Crippen LogP contribution in [0, 0.1) is 0 Å². The summed E-state index contributed by atoms with van der Waals surface area (Å²) in [7, 11) is 1.16. The highest BCUT2D eigenvalue weighted by Gasteiger charge is 2.27. The van der Waals surface area contributed by atoms with E-state index >= 15 is 0 Å². The van der Waals surface area contributed by atoms with E-state index in [0.29, 0.717) is 23.9 Å². The van der Waals surface area contributed by atoms with Crippen LogP contribution >= 0.6 is 7.82 Å². The maximum Gasteiger partial charge on any atom is 0.306 e. The molecule has 0 aliphatic carbocycles. The van der Waals surface area contributed by atoms with Crippen LogP contribution in [0.25, 0.3) is 0 Å². The van der Waals surface area contributed by atoms with Crippen LogP contribution in [-0.4, -0.2) is 69.4 Å². The lowest BCUT2D eigenvalue weighted by Gasteiger charge is -2.30. The van der Waals surface area contributed by atoms with Crippen molar-refractivity contribution in [2.75, 3.05) is 40.9 Å². The molecule has 0 fully saturated rings. The first-order valence-corrected chi connectivity index (χ1v) is 31.0. The van der Waals surface area contributed by atoms with Gasteiger partial charge in [0, 0.05) is 12.8 Å². The van der Waals surface area contributed by atoms with Crippen LogP contribution in [0.4, 0.5) is 0 Å². The van der Waals surface area contributed by atoms with Gasteiger partial charge in [0.2, 0.25) is 5.91 Å². The molecular formula is C63H111N2O7P. The Balaban J connectivity index is 5.18. The van der Waals surface area contributed by atoms with Gasteiger partial charge in [-0.3, -0.25) is 14.2 Å². The molecule has 3 unspecified atom stereocenters. The fraction of sp³-hybridized carbons (Fsp3) is 0.714. The lowest BCUT2D eigenvalue weighted by atomic mass is 10.1. The number of hydrogen-bond acceptors (Lipinski definition) is 7. The number of unbranched alkanes of at least 4 members (excludes halogenated alkanes) is 22. The summed E-state index contributed by atoms with van der Waals surface area (Å²) in [6.07, 6.45) is 69.5. The predicted octanol–water partition coefficient (Wildman–Crippen LogP) is 17.4. The van der Waals surface area contributed by atoms with Crippen LogP contribution in [0.5, 0.6) is 0 Å². The molecule has 1 amide bonds. The Labute approximate surface area is 449 Å². The van der Waals surface area contributed by atoms with Gasteiger partial charge in [-0.1, -0.05) is 221 Å². The smallest absolute Gasteiger partial charge is 0.306 e. The number of phosphoric acid groups is 1. The molecule has 10 heteroatoms. The van der Waals surface area contributed by atoms with E-state index in [2.05, 4.69) is 111 Å². The Bertz CT molecular complexity index is 1570. The van der Waals surface area contributed by atoms with Crippen molar-refractivity contribution in [1.29, 1.82) is 0 Å². The third-order valence-electron chi connectivity index (χ3n) is 12.5. The van der Waals surface area contributed by atoms with Crippen LogP contribution < -0.4 is 10.2 Å². The lowest BCUT2D eigenvalue weighted by molar-refractivity contribution is -0.870. The average Bonchev–Trinajstić information content (AvgIpc) is 3.35. The van der Waals surface area contributed by atoms with Crippen molar-refractivity contribution in [3.63, 3.8) is 0 Å². The van der Waals surface area contributed by atoms with Gasteiger partial charge in [-0.2, -0.15) is 0 Å². The molecule has 0 spiro atoms. The van der Waals surface area contributed by atoms with E-state index in [4.69, 9.17) is 13.8 Å². The molecule has 0 heterocycles. The topological polar surface area (TPSA) is 114 Å². The molecular weight excluding hydrogens is 928 g/mol. The number of nitrogens with one attached hydrogen (secondary N) is 1. The number of phosphoric ester groups is 1. The van der Waals surface area contributed by atoms with Gasteiger partial charge in [0.1, 0.15) is 19.3 Å². The minimum Gasteiger partial charge on any atom is -0.756 e. The number of nitrogens with zero attached hydrogens (tertiary/aromatic N) is 1. The van der Waals surface area contributed by atoms with Crippen molar-refractivity contribution in [1.82, 2.24) is 5.32 Å². The first-order valence-electron chi connectivity index (χ1n) is 29.5. The molecule has 0 aromatic heterocycles. The fourth-order valence-corrected chi connectivity index (χ4v) is 8.64. The summed E-state index contributed by atoms with van der Waals surface area (Å²) in [5.74, 6) is -0.576. The monoisotopic (exact) mass is 1040 g/mol. The second-order valence-corrected chi connectivity index (χ2v) is 22.2. The van der Waals surface area contributed by atoms with Gasteiger partial charge in [0.15, 0.2) is 0 Å². The van der Waals surface area contributed by atoms with Crippen molar-refractivity contribution >= 4 is 19.7 Å². The van der Waals surface area contributed by atoms with Gasteiger partial charge in [-0.05, 0) is 102 Å². The second kappa shape index (κ2) is 52.4. The molecule has 0 bridgehead atoms. The molecule has 1 N–H and O–H groups in total. The normalized spacial score (nSPS) is 14.5. The molecule has 73 heavy (non-hydrogen) atoms. The molecule has 0 radical (unpaired) electrons. The highest BCUT2D eigenvalue weighted by atomic mass is 31.2. The minimum atomic E-state index is -4.70. The Morgan fingerprint density at radius 3 is 1.37 bits per heavy atom. The number of hydrogen-bond donors (Lipinski definition) is 1. The second-order valence-electron chi connectivity index (χ2n) is 20.8. The van der Waals surface area contributed by atoms with E-state index in [0.717, 1.165) is 141 Å². The van der Waals surface area contributed by atoms with E-state index in [1.807, 2.05) is 33.3 Å². The van der Waals surface area contributed by atoms with Crippen molar-refractivity contribution in [3.05, 3.63) is 97.2 Å². The highest BCUT2D eigenvalue weighted by molar-refractivity contribution is 7.45. The standard InChI is InChI=1S/C63H111N2O7P/c1-7-10-13-16-19-22-25-26-27-28-29-30-31-32-33-34-35-36-37-38-41-44-47-50-53-56-63(67)72-61(54-51-48-45-42-39-23-20-17-14-11-8-2)60(59-71-73(68,69)70-58-57-65(4,5)6)64-62(66)55-52-49-46-43-40-24-21-18-15-12-9-3/h10,13,18-19,21-22,26-27,29-30,32-33,35-36,51,54,60-61H,7-9,11-12,14-17,20,23-25,28,31,34,37-50,52-53,55-59H2,1-6H3,(H-,64,66,68,69)/b13-10-,21-18-,22-19-,27-26-,30-29-,33-32-,36-35-,54-51-. The number of esters is 1. The van der Waals surface area contributed by atoms with Crippen LogP contribution in [0.2, 0.25) is 0 Å². The number of carbonyl (C=O) groups excluding carboxylic acids is 2. The summed E-state index contributed by atoms with van der Waals surface area (Å²) < 4.78 is 30.2. The third-order valence-corrected chi connectivity index (χ3v) is 13.5. The number of allylic oxidation sites excluding steroid dienone is 15. The summed E-state index contributed by atoms with van der Waals surface area (Å²) in [5.41, 5.74) is 0. The van der Waals surface area contributed by atoms with Gasteiger partial charge in [-0.25, -0.2) is 0 Å². The summed E-state index contributed by atoms with van der Waals surface area (Å²) >= 11 is 0. The molecule has 0 aliphatic heterocycles. The Morgan fingerprint density at radius 2 is 0.890 bits per heavy atom. The largest absolute Gasteiger partial charge is 0.756 e. The molecule has 0 rings (SSSR count). The zero-order valence-corrected chi connectivity index (χ0v) is 48.7. The quantitative estimate of drug-likeness (QED) is 0.0212. The molecule has 0 aliphatic rings. The Morgan fingerprint density at radius 1 is 0.493 bits per heavy atom. The highest BCUT2D eigenvalue weighted by Crippen LogP contribution is 2.38. The maximum absolute atomic E-state index is 13.4. The third kappa shape index (κ3) is 53.6. The Kier molecular flexibility index (Phi) is 50.2. The number of carbonyl (C=O) groups is 2. The molecule has 0 saturated heterocycles. The van der Waals surface area contributed by atoms with E-state index < -0.39 is 26.6 Å². The fourth-order valence-electron chi connectivity index (χ4n) is 7.92. The van der Waals surface area contributed by atoms with Crippen LogP contribution in [-0.2, 0) is 27.9 Å². The number of rotatable bonds is 52. The maximum atomic E-state index is 13.4. The SMILES string of the molecule is CC/C=C\C/C=C\C/C=C\C/C=C\C/C=C\C/C=C\CCCCCCCCC(=O)OC(/C=C\CCCCCCCCCCC)C(COP(=O)([O-])OCC[N+](C)(C)C)NC(=O)CCCCCCC/C=C\CCCC. The summed E-state index contributed by atoms with van der Waals surface area (Å²) in [4.78, 5) is 39.8. The lowest BCUT2D eigenvalue weighted by Crippen LogP contribution is -2.47. The van der Waals surface area contributed by atoms with Crippen molar-refractivity contribution in [2.24, 2.45) is 0 Å². The van der Waals surface area contributed by atoms with Gasteiger partial charge in [-0.15, -0.1) is 0 Å². The van der Waals surface area contributed by atoms with Crippen LogP contribution in [0.15, 0.2) is 97.2 Å². The summed E-state index contributed by atoms with van der Waals surface area (Å²) in [6.45, 7) is 6.65. The molecule has 9 nitrogen and oxygen atoms in total. The number of likely N-dealkylation sites (N-methyl/N-ethyl adjacent to an activating group) is 1. The first-order chi connectivity index (χ1) is 35.4. The van der Waals surface area contributed by atoms with Crippen molar-refractivity contribution < 1.29 is 37.3 Å². The number of quaternary nitrogens is 1.